The zero-order valence-corrected chi connectivity index (χ0v) is 19.6. The first-order valence-electron chi connectivity index (χ1n) is 11.2. The summed E-state index contributed by atoms with van der Waals surface area (Å²) in [5, 5.41) is 16.5. The highest BCUT2D eigenvalue weighted by Crippen LogP contribution is 2.29. The number of carbonyl (C=O) groups excluding carboxylic acids is 2. The van der Waals surface area contributed by atoms with E-state index in [2.05, 4.69) is 25.9 Å². The van der Waals surface area contributed by atoms with E-state index in [9.17, 15) is 22.8 Å². The highest BCUT2D eigenvalue weighted by molar-refractivity contribution is 5.95. The maximum atomic E-state index is 13.1. The summed E-state index contributed by atoms with van der Waals surface area (Å²) in [6, 6.07) is 9.94. The number of halogens is 3. The Morgan fingerprint density at radius 3 is 2.09 bits per heavy atom. The highest BCUT2D eigenvalue weighted by atomic mass is 19.4. The van der Waals surface area contributed by atoms with Crippen LogP contribution >= 0.6 is 0 Å². The Balaban J connectivity index is 1.34. The van der Waals surface area contributed by atoms with Crippen LogP contribution in [-0.2, 0) is 15.8 Å². The smallest absolute Gasteiger partial charge is 0.355 e. The number of amides is 2. The maximum Gasteiger partial charge on any atom is 0.453 e. The third-order valence-corrected chi connectivity index (χ3v) is 5.78. The molecule has 1 aliphatic heterocycles. The molecule has 0 aliphatic carbocycles. The fourth-order valence-electron chi connectivity index (χ4n) is 3.70. The monoisotopic (exact) mass is 489 g/mol. The van der Waals surface area contributed by atoms with Crippen molar-refractivity contribution in [3.8, 4) is 0 Å². The largest absolute Gasteiger partial charge is 0.453 e. The van der Waals surface area contributed by atoms with Crippen LogP contribution in [0.2, 0.25) is 0 Å². The quantitative estimate of drug-likeness (QED) is 0.575. The fraction of sp³-hybridized carbons (Fsp3) is 0.435. The number of piperidine rings is 1. The fourth-order valence-corrected chi connectivity index (χ4v) is 3.70. The third-order valence-electron chi connectivity index (χ3n) is 5.78. The summed E-state index contributed by atoms with van der Waals surface area (Å²) in [4.78, 5) is 26.7. The van der Waals surface area contributed by atoms with Crippen LogP contribution in [0, 0.1) is 11.3 Å². The van der Waals surface area contributed by atoms with Gasteiger partial charge in [-0.25, -0.2) is 0 Å². The number of nitrogens with zero attached hydrogens (tertiary/aromatic N) is 5. The lowest BCUT2D eigenvalue weighted by atomic mass is 9.95. The number of rotatable bonds is 4. The van der Waals surface area contributed by atoms with E-state index in [4.69, 9.17) is 0 Å². The topological polar surface area (TPSA) is 105 Å². The molecule has 35 heavy (non-hydrogen) atoms. The van der Waals surface area contributed by atoms with Crippen LogP contribution in [-0.4, -0.2) is 44.7 Å². The number of fused-ring (bicyclic) bond motifs is 1. The molecule has 2 aromatic heterocycles. The molecule has 186 valence electrons. The molecule has 0 bridgehead atoms. The molecule has 2 N–H and O–H groups in total. The molecule has 0 unspecified atom stereocenters. The molecule has 0 saturated carbocycles. The molecular formula is C23H26F3N7O2. The second-order valence-electron chi connectivity index (χ2n) is 9.51. The average molecular weight is 490 g/mol. The van der Waals surface area contributed by atoms with E-state index < -0.39 is 17.4 Å². The lowest BCUT2D eigenvalue weighted by Crippen LogP contribution is -2.38. The van der Waals surface area contributed by atoms with Gasteiger partial charge in [-0.15, -0.1) is 15.3 Å². The van der Waals surface area contributed by atoms with Crippen LogP contribution in [0.5, 0.6) is 0 Å². The van der Waals surface area contributed by atoms with Gasteiger partial charge in [0.15, 0.2) is 5.65 Å². The summed E-state index contributed by atoms with van der Waals surface area (Å²) < 4.78 is 40.1. The second-order valence-corrected chi connectivity index (χ2v) is 9.51. The molecule has 12 heteroatoms. The van der Waals surface area contributed by atoms with Gasteiger partial charge in [0.1, 0.15) is 5.82 Å². The standard InChI is InChI=1S/C23H26F3N7O2/c1-22(2,3)21(35)28-16-6-4-15(5-7-16)27-19(34)14-10-12-32(13-11-14)18-9-8-17-29-30-20(23(24,25)26)33(17)31-18/h4-9,14H,10-13H2,1-3H3,(H,27,34)(H,28,35). The summed E-state index contributed by atoms with van der Waals surface area (Å²) in [5.74, 6) is -1.27. The Hall–Kier alpha value is -3.70. The molecule has 1 fully saturated rings. The van der Waals surface area contributed by atoms with E-state index in [1.165, 1.54) is 6.07 Å². The second kappa shape index (κ2) is 9.16. The molecule has 3 heterocycles. The number of hydrogen-bond acceptors (Lipinski definition) is 6. The van der Waals surface area contributed by atoms with E-state index >= 15 is 0 Å². The van der Waals surface area contributed by atoms with Crippen molar-refractivity contribution in [1.29, 1.82) is 0 Å². The van der Waals surface area contributed by atoms with Crippen LogP contribution in [0.15, 0.2) is 36.4 Å². The number of alkyl halides is 3. The van der Waals surface area contributed by atoms with Gasteiger partial charge < -0.3 is 15.5 Å². The van der Waals surface area contributed by atoms with Gasteiger partial charge in [-0.1, -0.05) is 20.8 Å². The van der Waals surface area contributed by atoms with Gasteiger partial charge in [-0.2, -0.15) is 17.7 Å². The molecule has 1 saturated heterocycles. The Bertz CT molecular complexity index is 1220. The molecule has 0 spiro atoms. The molecule has 0 radical (unpaired) electrons. The number of carbonyl (C=O) groups is 2. The SMILES string of the molecule is CC(C)(C)C(=O)Nc1ccc(NC(=O)C2CCN(c3ccc4nnc(C(F)(F)F)n4n3)CC2)cc1. The zero-order chi connectivity index (χ0) is 25.4. The van der Waals surface area contributed by atoms with E-state index in [-0.39, 0.29) is 23.4 Å². The highest BCUT2D eigenvalue weighted by Gasteiger charge is 2.38. The van der Waals surface area contributed by atoms with Gasteiger partial charge in [-0.05, 0) is 49.2 Å². The Morgan fingerprint density at radius 2 is 1.51 bits per heavy atom. The van der Waals surface area contributed by atoms with Gasteiger partial charge in [0.25, 0.3) is 5.82 Å². The van der Waals surface area contributed by atoms with Crippen molar-refractivity contribution in [2.24, 2.45) is 11.3 Å². The minimum atomic E-state index is -4.66. The van der Waals surface area contributed by atoms with Crippen molar-refractivity contribution in [3.63, 3.8) is 0 Å². The van der Waals surface area contributed by atoms with Gasteiger partial charge in [-0.3, -0.25) is 9.59 Å². The van der Waals surface area contributed by atoms with Crippen LogP contribution in [0.3, 0.4) is 0 Å². The summed E-state index contributed by atoms with van der Waals surface area (Å²) >= 11 is 0. The van der Waals surface area contributed by atoms with E-state index in [1.54, 1.807) is 30.3 Å². The Labute approximate surface area is 199 Å². The first-order chi connectivity index (χ1) is 16.4. The van der Waals surface area contributed by atoms with Crippen molar-refractivity contribution in [2.45, 2.75) is 39.8 Å². The summed E-state index contributed by atoms with van der Waals surface area (Å²) in [6.07, 6.45) is -3.61. The third kappa shape index (κ3) is 5.52. The predicted molar refractivity (Wildman–Crippen MR) is 124 cm³/mol. The number of hydrogen-bond donors (Lipinski definition) is 2. The lowest BCUT2D eigenvalue weighted by molar-refractivity contribution is -0.146. The molecule has 3 aromatic rings. The van der Waals surface area contributed by atoms with Gasteiger partial charge in [0.2, 0.25) is 11.8 Å². The molecule has 4 rings (SSSR count). The summed E-state index contributed by atoms with van der Waals surface area (Å²) in [7, 11) is 0. The van der Waals surface area contributed by atoms with Crippen molar-refractivity contribution < 1.29 is 22.8 Å². The van der Waals surface area contributed by atoms with E-state index in [1.807, 2.05) is 25.7 Å². The first kappa shape index (κ1) is 24.4. The first-order valence-corrected chi connectivity index (χ1v) is 11.2. The Kier molecular flexibility index (Phi) is 6.39. The molecule has 1 aromatic carbocycles. The summed E-state index contributed by atoms with van der Waals surface area (Å²) in [5.41, 5.74) is 0.756. The van der Waals surface area contributed by atoms with Gasteiger partial charge in [0.05, 0.1) is 0 Å². The van der Waals surface area contributed by atoms with Crippen LogP contribution in [0.1, 0.15) is 39.4 Å². The van der Waals surface area contributed by atoms with Gasteiger partial charge in [0, 0.05) is 35.8 Å². The van der Waals surface area contributed by atoms with E-state index in [0.29, 0.717) is 47.6 Å². The van der Waals surface area contributed by atoms with Crippen molar-refractivity contribution in [2.75, 3.05) is 28.6 Å². The van der Waals surface area contributed by atoms with Crippen LogP contribution < -0.4 is 15.5 Å². The summed E-state index contributed by atoms with van der Waals surface area (Å²) in [6.45, 7) is 6.41. The molecule has 2 amide bonds. The predicted octanol–water partition coefficient (Wildman–Crippen LogP) is 3.98. The molecule has 9 nitrogen and oxygen atoms in total. The minimum absolute atomic E-state index is 0.0133. The lowest BCUT2D eigenvalue weighted by Gasteiger charge is -2.32. The van der Waals surface area contributed by atoms with Crippen molar-refractivity contribution in [3.05, 3.63) is 42.2 Å². The number of aromatic nitrogens is 4. The maximum absolute atomic E-state index is 13.1. The zero-order valence-electron chi connectivity index (χ0n) is 19.6. The number of nitrogens with one attached hydrogen (secondary N) is 2. The minimum Gasteiger partial charge on any atom is -0.355 e. The Morgan fingerprint density at radius 1 is 0.914 bits per heavy atom. The van der Waals surface area contributed by atoms with Crippen molar-refractivity contribution in [1.82, 2.24) is 19.8 Å². The van der Waals surface area contributed by atoms with Crippen LogP contribution in [0.4, 0.5) is 30.4 Å². The molecule has 1 aliphatic rings. The number of benzene rings is 1. The molecule has 0 atom stereocenters. The van der Waals surface area contributed by atoms with Crippen LogP contribution in [0.25, 0.3) is 5.65 Å². The molecular weight excluding hydrogens is 463 g/mol. The van der Waals surface area contributed by atoms with E-state index in [0.717, 1.165) is 0 Å². The average Bonchev–Trinajstić information content (AvgIpc) is 3.24. The van der Waals surface area contributed by atoms with Crippen molar-refractivity contribution >= 4 is 34.7 Å². The van der Waals surface area contributed by atoms with Gasteiger partial charge >= 0.3 is 6.18 Å². The normalized spacial score (nSPS) is 15.3. The number of anilines is 3.